The van der Waals surface area contributed by atoms with Crippen molar-refractivity contribution in [3.63, 3.8) is 0 Å². The van der Waals surface area contributed by atoms with Crippen LogP contribution in [0.5, 0.6) is 0 Å². The first kappa shape index (κ1) is 15.2. The molecule has 0 radical (unpaired) electrons. The zero-order chi connectivity index (χ0) is 13.4. The zero-order valence-electron chi connectivity index (χ0n) is 12.3. The Kier molecular flexibility index (Phi) is 6.98. The Bertz CT molecular complexity index is 347. The van der Waals surface area contributed by atoms with Crippen LogP contribution in [0.25, 0.3) is 0 Å². The average Bonchev–Trinajstić information content (AvgIpc) is 2.60. The first-order valence-electron chi connectivity index (χ1n) is 6.96. The van der Waals surface area contributed by atoms with Gasteiger partial charge in [-0.05, 0) is 52.6 Å². The number of nitrogens with zero attached hydrogens (tertiary/aromatic N) is 2. The minimum Gasteiger partial charge on any atom is -0.382 e. The highest BCUT2D eigenvalue weighted by molar-refractivity contribution is 5.22. The van der Waals surface area contributed by atoms with Crippen molar-refractivity contribution in [1.82, 2.24) is 15.1 Å². The van der Waals surface area contributed by atoms with Crippen LogP contribution in [0.2, 0.25) is 0 Å². The maximum Gasteiger partial charge on any atom is 0.0625 e. The van der Waals surface area contributed by atoms with Gasteiger partial charge in [-0.1, -0.05) is 0 Å². The second-order valence-electron chi connectivity index (χ2n) is 4.67. The summed E-state index contributed by atoms with van der Waals surface area (Å²) >= 11 is 0. The Morgan fingerprint density at radius 3 is 2.56 bits per heavy atom. The molecule has 1 aromatic heterocycles. The van der Waals surface area contributed by atoms with Crippen LogP contribution in [0.3, 0.4) is 0 Å². The molecule has 0 saturated heterocycles. The summed E-state index contributed by atoms with van der Waals surface area (Å²) in [6.07, 6.45) is 2.32. The summed E-state index contributed by atoms with van der Waals surface area (Å²) in [4.78, 5) is 0. The Labute approximate surface area is 111 Å². The zero-order valence-corrected chi connectivity index (χ0v) is 12.3. The standard InChI is InChI=1S/C14H27N3O/c1-5-18-11-7-6-8-15-9-10-17-14(4)12(2)13(3)16-17/h15H,5-11H2,1-4H3. The predicted molar refractivity (Wildman–Crippen MR) is 75.0 cm³/mol. The smallest absolute Gasteiger partial charge is 0.0625 e. The lowest BCUT2D eigenvalue weighted by Crippen LogP contribution is -2.22. The van der Waals surface area contributed by atoms with Crippen LogP contribution >= 0.6 is 0 Å². The van der Waals surface area contributed by atoms with E-state index in [1.165, 1.54) is 17.7 Å². The maximum absolute atomic E-state index is 5.30. The van der Waals surface area contributed by atoms with Crippen molar-refractivity contribution < 1.29 is 4.74 Å². The Morgan fingerprint density at radius 2 is 1.94 bits per heavy atom. The van der Waals surface area contributed by atoms with E-state index in [-0.39, 0.29) is 0 Å². The van der Waals surface area contributed by atoms with E-state index in [0.29, 0.717) is 0 Å². The number of unbranched alkanes of at least 4 members (excludes halogenated alkanes) is 1. The van der Waals surface area contributed by atoms with Crippen LogP contribution in [-0.4, -0.2) is 36.1 Å². The minimum absolute atomic E-state index is 0.824. The maximum atomic E-state index is 5.30. The Hall–Kier alpha value is -0.870. The van der Waals surface area contributed by atoms with Gasteiger partial charge in [-0.3, -0.25) is 4.68 Å². The predicted octanol–water partition coefficient (Wildman–Crippen LogP) is 2.21. The van der Waals surface area contributed by atoms with Gasteiger partial charge in [0, 0.05) is 25.5 Å². The second-order valence-corrected chi connectivity index (χ2v) is 4.67. The van der Waals surface area contributed by atoms with Crippen LogP contribution in [-0.2, 0) is 11.3 Å². The molecule has 4 heteroatoms. The summed E-state index contributed by atoms with van der Waals surface area (Å²) in [7, 11) is 0. The molecule has 0 saturated carbocycles. The van der Waals surface area contributed by atoms with Crippen molar-refractivity contribution in [2.75, 3.05) is 26.3 Å². The van der Waals surface area contributed by atoms with Crippen LogP contribution in [0.4, 0.5) is 0 Å². The van der Waals surface area contributed by atoms with Crippen LogP contribution in [0, 0.1) is 20.8 Å². The van der Waals surface area contributed by atoms with Gasteiger partial charge in [0.15, 0.2) is 0 Å². The summed E-state index contributed by atoms with van der Waals surface area (Å²) < 4.78 is 7.39. The van der Waals surface area contributed by atoms with Crippen molar-refractivity contribution in [3.05, 3.63) is 17.0 Å². The van der Waals surface area contributed by atoms with Crippen molar-refractivity contribution in [2.45, 2.75) is 47.1 Å². The molecule has 1 aromatic rings. The molecule has 1 heterocycles. The molecule has 0 aliphatic carbocycles. The fraction of sp³-hybridized carbons (Fsp3) is 0.786. The monoisotopic (exact) mass is 253 g/mol. The van der Waals surface area contributed by atoms with E-state index in [9.17, 15) is 0 Å². The number of hydrogen-bond donors (Lipinski definition) is 1. The molecule has 0 bridgehead atoms. The van der Waals surface area contributed by atoms with E-state index in [0.717, 1.165) is 45.0 Å². The van der Waals surface area contributed by atoms with Gasteiger partial charge in [-0.2, -0.15) is 5.10 Å². The first-order valence-corrected chi connectivity index (χ1v) is 6.96. The molecule has 18 heavy (non-hydrogen) atoms. The molecule has 0 aliphatic heterocycles. The fourth-order valence-corrected chi connectivity index (χ4v) is 1.91. The molecule has 1 rings (SSSR count). The molecule has 4 nitrogen and oxygen atoms in total. The van der Waals surface area contributed by atoms with Crippen LogP contribution in [0.15, 0.2) is 0 Å². The summed E-state index contributed by atoms with van der Waals surface area (Å²) in [6.45, 7) is 13.1. The summed E-state index contributed by atoms with van der Waals surface area (Å²) in [6, 6.07) is 0. The minimum atomic E-state index is 0.824. The molecular weight excluding hydrogens is 226 g/mol. The van der Waals surface area contributed by atoms with Gasteiger partial charge in [0.1, 0.15) is 0 Å². The van der Waals surface area contributed by atoms with Crippen molar-refractivity contribution >= 4 is 0 Å². The van der Waals surface area contributed by atoms with Crippen LogP contribution < -0.4 is 5.32 Å². The van der Waals surface area contributed by atoms with Gasteiger partial charge >= 0.3 is 0 Å². The molecule has 0 atom stereocenters. The van der Waals surface area contributed by atoms with Gasteiger partial charge in [0.2, 0.25) is 0 Å². The highest BCUT2D eigenvalue weighted by atomic mass is 16.5. The lowest BCUT2D eigenvalue weighted by atomic mass is 10.2. The third-order valence-corrected chi connectivity index (χ3v) is 3.34. The molecule has 0 aromatic carbocycles. The van der Waals surface area contributed by atoms with E-state index >= 15 is 0 Å². The second kappa shape index (κ2) is 8.27. The Balaban J connectivity index is 2.09. The molecule has 0 aliphatic rings. The number of nitrogens with one attached hydrogen (secondary N) is 1. The van der Waals surface area contributed by atoms with E-state index in [2.05, 4.69) is 35.9 Å². The fourth-order valence-electron chi connectivity index (χ4n) is 1.91. The number of rotatable bonds is 9. The molecular formula is C14H27N3O. The van der Waals surface area contributed by atoms with Gasteiger partial charge in [0.25, 0.3) is 0 Å². The molecule has 0 unspecified atom stereocenters. The highest BCUT2D eigenvalue weighted by Gasteiger charge is 2.05. The molecule has 0 fully saturated rings. The largest absolute Gasteiger partial charge is 0.382 e. The molecule has 0 spiro atoms. The van der Waals surface area contributed by atoms with E-state index in [1.807, 2.05) is 6.92 Å². The summed E-state index contributed by atoms with van der Waals surface area (Å²) in [5.74, 6) is 0. The van der Waals surface area contributed by atoms with Crippen LogP contribution in [0.1, 0.15) is 36.7 Å². The molecule has 1 N–H and O–H groups in total. The number of hydrogen-bond acceptors (Lipinski definition) is 3. The summed E-state index contributed by atoms with van der Waals surface area (Å²) in [5, 5.41) is 7.98. The van der Waals surface area contributed by atoms with E-state index in [4.69, 9.17) is 4.74 Å². The van der Waals surface area contributed by atoms with Crippen molar-refractivity contribution in [1.29, 1.82) is 0 Å². The highest BCUT2D eigenvalue weighted by Crippen LogP contribution is 2.10. The molecule has 104 valence electrons. The van der Waals surface area contributed by atoms with E-state index < -0.39 is 0 Å². The quantitative estimate of drug-likeness (QED) is 0.686. The summed E-state index contributed by atoms with van der Waals surface area (Å²) in [5.41, 5.74) is 3.74. The SMILES string of the molecule is CCOCCCCNCCn1nc(C)c(C)c1C. The number of aromatic nitrogens is 2. The lowest BCUT2D eigenvalue weighted by Gasteiger charge is -2.07. The molecule has 0 amide bonds. The first-order chi connectivity index (χ1) is 8.66. The third-order valence-electron chi connectivity index (χ3n) is 3.34. The topological polar surface area (TPSA) is 39.1 Å². The lowest BCUT2D eigenvalue weighted by molar-refractivity contribution is 0.143. The average molecular weight is 253 g/mol. The van der Waals surface area contributed by atoms with Gasteiger partial charge in [-0.15, -0.1) is 0 Å². The normalized spacial score (nSPS) is 11.1. The number of aryl methyl sites for hydroxylation is 1. The van der Waals surface area contributed by atoms with Crippen molar-refractivity contribution in [2.24, 2.45) is 0 Å². The van der Waals surface area contributed by atoms with E-state index in [1.54, 1.807) is 0 Å². The van der Waals surface area contributed by atoms with Gasteiger partial charge < -0.3 is 10.1 Å². The third kappa shape index (κ3) is 4.78. The van der Waals surface area contributed by atoms with Gasteiger partial charge in [0.05, 0.1) is 12.2 Å². The Morgan fingerprint density at radius 1 is 1.17 bits per heavy atom. The van der Waals surface area contributed by atoms with Crippen molar-refractivity contribution in [3.8, 4) is 0 Å². The number of ether oxygens (including phenoxy) is 1. The van der Waals surface area contributed by atoms with Gasteiger partial charge in [-0.25, -0.2) is 0 Å².